The number of hydrogen-bond donors (Lipinski definition) is 1. The minimum Gasteiger partial charge on any atom is -0.478 e. The van der Waals surface area contributed by atoms with Gasteiger partial charge in [0, 0.05) is 12.3 Å². The summed E-state index contributed by atoms with van der Waals surface area (Å²) >= 11 is 0. The Hall–Kier alpha value is -1.64. The minimum atomic E-state index is -0.974. The van der Waals surface area contributed by atoms with Crippen molar-refractivity contribution in [3.63, 3.8) is 0 Å². The highest BCUT2D eigenvalue weighted by molar-refractivity contribution is 5.93. The zero-order chi connectivity index (χ0) is 12.1. The maximum atomic E-state index is 11.7. The van der Waals surface area contributed by atoms with Crippen molar-refractivity contribution in [1.82, 2.24) is 0 Å². The summed E-state index contributed by atoms with van der Waals surface area (Å²) in [6.45, 7) is 3.70. The number of aromatic carboxylic acids is 1. The quantitative estimate of drug-likeness (QED) is 0.830. The van der Waals surface area contributed by atoms with Crippen LogP contribution in [0, 0.1) is 0 Å². The highest BCUT2D eigenvalue weighted by Gasteiger charge is 2.21. The zero-order valence-corrected chi connectivity index (χ0v) is 9.56. The van der Waals surface area contributed by atoms with E-state index in [0.717, 1.165) is 0 Å². The maximum absolute atomic E-state index is 11.7. The van der Waals surface area contributed by atoms with Crippen LogP contribution in [0.25, 0.3) is 0 Å². The molecule has 1 rings (SSSR count). The third-order valence-corrected chi connectivity index (χ3v) is 2.71. The Labute approximate surface area is 95.1 Å². The lowest BCUT2D eigenvalue weighted by molar-refractivity contribution is -0.120. The molecule has 86 valence electrons. The Morgan fingerprint density at radius 1 is 1.25 bits per heavy atom. The summed E-state index contributed by atoms with van der Waals surface area (Å²) in [5.41, 5.74) is 0.862. The number of hydrogen-bond acceptors (Lipinski definition) is 2. The Balaban J connectivity index is 3.19. The molecular weight excluding hydrogens is 204 g/mol. The van der Waals surface area contributed by atoms with Crippen molar-refractivity contribution >= 4 is 11.8 Å². The zero-order valence-electron chi connectivity index (χ0n) is 9.56. The monoisotopic (exact) mass is 220 g/mol. The van der Waals surface area contributed by atoms with Crippen LogP contribution in [0.3, 0.4) is 0 Å². The number of Topliss-reactive ketones (excluding diaryl/α,β-unsaturated/α-hetero) is 1. The molecule has 0 spiro atoms. The molecule has 0 aliphatic carbocycles. The molecule has 0 aliphatic heterocycles. The van der Waals surface area contributed by atoms with Gasteiger partial charge in [-0.05, 0) is 18.1 Å². The molecule has 0 saturated carbocycles. The van der Waals surface area contributed by atoms with E-state index in [9.17, 15) is 9.59 Å². The topological polar surface area (TPSA) is 54.4 Å². The molecule has 0 heterocycles. The third-order valence-electron chi connectivity index (χ3n) is 2.71. The van der Waals surface area contributed by atoms with Crippen molar-refractivity contribution in [1.29, 1.82) is 0 Å². The summed E-state index contributed by atoms with van der Waals surface area (Å²) in [7, 11) is 0. The average Bonchev–Trinajstić information content (AvgIpc) is 2.30. The van der Waals surface area contributed by atoms with Crippen LogP contribution in [0.15, 0.2) is 24.3 Å². The van der Waals surface area contributed by atoms with Gasteiger partial charge in [-0.2, -0.15) is 0 Å². The highest BCUT2D eigenvalue weighted by Crippen LogP contribution is 2.25. The Kier molecular flexibility index (Phi) is 4.23. The molecule has 1 N–H and O–H groups in total. The molecule has 1 atom stereocenters. The Bertz CT molecular complexity index is 396. The highest BCUT2D eigenvalue weighted by atomic mass is 16.4. The van der Waals surface area contributed by atoms with Crippen LogP contribution in [-0.4, -0.2) is 16.9 Å². The first kappa shape index (κ1) is 12.4. The number of carboxylic acid groups (broad SMARTS) is 1. The van der Waals surface area contributed by atoms with E-state index in [0.29, 0.717) is 18.4 Å². The van der Waals surface area contributed by atoms with Gasteiger partial charge in [0.2, 0.25) is 0 Å². The molecule has 1 unspecified atom stereocenters. The van der Waals surface area contributed by atoms with Crippen molar-refractivity contribution < 1.29 is 14.7 Å². The maximum Gasteiger partial charge on any atom is 0.335 e. The molecule has 0 saturated heterocycles. The number of carbonyl (C=O) groups is 2. The molecule has 0 fully saturated rings. The number of carboxylic acids is 1. The Morgan fingerprint density at radius 3 is 2.38 bits per heavy atom. The lowest BCUT2D eigenvalue weighted by Gasteiger charge is -2.15. The molecule has 1 aromatic carbocycles. The molecule has 0 radical (unpaired) electrons. The number of rotatable bonds is 5. The van der Waals surface area contributed by atoms with Crippen LogP contribution in [0.4, 0.5) is 0 Å². The second kappa shape index (κ2) is 5.45. The van der Waals surface area contributed by atoms with Gasteiger partial charge in [0.1, 0.15) is 5.78 Å². The summed E-state index contributed by atoms with van der Waals surface area (Å²) in [6, 6.07) is 6.72. The largest absolute Gasteiger partial charge is 0.478 e. The van der Waals surface area contributed by atoms with E-state index in [-0.39, 0.29) is 17.3 Å². The van der Waals surface area contributed by atoms with E-state index < -0.39 is 5.97 Å². The van der Waals surface area contributed by atoms with Crippen LogP contribution < -0.4 is 0 Å². The molecule has 0 bridgehead atoms. The van der Waals surface area contributed by atoms with Gasteiger partial charge in [0.25, 0.3) is 0 Å². The Morgan fingerprint density at radius 2 is 1.88 bits per heavy atom. The molecule has 3 heteroatoms. The van der Waals surface area contributed by atoms with Gasteiger partial charge in [-0.3, -0.25) is 4.79 Å². The summed E-state index contributed by atoms with van der Waals surface area (Å²) in [5, 5.41) is 9.05. The van der Waals surface area contributed by atoms with Crippen molar-refractivity contribution in [3.8, 4) is 0 Å². The molecule has 0 aliphatic rings. The van der Waals surface area contributed by atoms with Crippen LogP contribution in [0.2, 0.25) is 0 Å². The van der Waals surface area contributed by atoms with Gasteiger partial charge in [-0.25, -0.2) is 4.79 Å². The number of benzene rings is 1. The van der Waals surface area contributed by atoms with E-state index in [1.165, 1.54) is 0 Å². The average molecular weight is 220 g/mol. The second-order valence-electron chi connectivity index (χ2n) is 3.67. The second-order valence-corrected chi connectivity index (χ2v) is 3.67. The van der Waals surface area contributed by atoms with Gasteiger partial charge in [0.15, 0.2) is 0 Å². The van der Waals surface area contributed by atoms with Gasteiger partial charge >= 0.3 is 5.97 Å². The summed E-state index contributed by atoms with van der Waals surface area (Å²) in [6.07, 6.45) is 1.07. The van der Waals surface area contributed by atoms with Crippen molar-refractivity contribution in [3.05, 3.63) is 35.4 Å². The predicted molar refractivity (Wildman–Crippen MR) is 61.7 cm³/mol. The lowest BCUT2D eigenvalue weighted by atomic mass is 9.88. The third kappa shape index (κ3) is 2.48. The molecule has 0 aromatic heterocycles. The van der Waals surface area contributed by atoms with E-state index in [2.05, 4.69) is 0 Å². The molecular formula is C13H16O3. The molecule has 3 nitrogen and oxygen atoms in total. The molecule has 16 heavy (non-hydrogen) atoms. The summed E-state index contributed by atoms with van der Waals surface area (Å²) in [4.78, 5) is 22.8. The first-order valence-electron chi connectivity index (χ1n) is 5.46. The first-order valence-corrected chi connectivity index (χ1v) is 5.46. The van der Waals surface area contributed by atoms with E-state index in [1.54, 1.807) is 31.2 Å². The van der Waals surface area contributed by atoms with Crippen molar-refractivity contribution in [2.24, 2.45) is 0 Å². The predicted octanol–water partition coefficient (Wildman–Crippen LogP) is 2.86. The van der Waals surface area contributed by atoms with Gasteiger partial charge in [-0.1, -0.05) is 32.0 Å². The molecule has 0 amide bonds. The van der Waals surface area contributed by atoms with Gasteiger partial charge < -0.3 is 5.11 Å². The SMILES string of the molecule is CCC(=O)C(CC)c1ccccc1C(=O)O. The van der Waals surface area contributed by atoms with Crippen LogP contribution in [-0.2, 0) is 4.79 Å². The van der Waals surface area contributed by atoms with Gasteiger partial charge in [0.05, 0.1) is 5.56 Å². The van der Waals surface area contributed by atoms with Crippen LogP contribution in [0.5, 0.6) is 0 Å². The van der Waals surface area contributed by atoms with E-state index in [1.807, 2.05) is 6.92 Å². The summed E-state index contributed by atoms with van der Waals surface area (Å²) in [5.74, 6) is -1.17. The summed E-state index contributed by atoms with van der Waals surface area (Å²) < 4.78 is 0. The van der Waals surface area contributed by atoms with E-state index >= 15 is 0 Å². The van der Waals surface area contributed by atoms with E-state index in [4.69, 9.17) is 5.11 Å². The minimum absolute atomic E-state index is 0.0937. The smallest absolute Gasteiger partial charge is 0.335 e. The normalized spacial score (nSPS) is 12.1. The molecule has 1 aromatic rings. The van der Waals surface area contributed by atoms with Crippen LogP contribution >= 0.6 is 0 Å². The van der Waals surface area contributed by atoms with Crippen LogP contribution in [0.1, 0.15) is 48.5 Å². The van der Waals surface area contributed by atoms with Gasteiger partial charge in [-0.15, -0.1) is 0 Å². The fourth-order valence-electron chi connectivity index (χ4n) is 1.86. The lowest BCUT2D eigenvalue weighted by Crippen LogP contribution is -2.14. The number of carbonyl (C=O) groups excluding carboxylic acids is 1. The fraction of sp³-hybridized carbons (Fsp3) is 0.385. The standard InChI is InChI=1S/C13H16O3/c1-3-9(12(14)4-2)10-7-5-6-8-11(10)13(15)16/h5-9H,3-4H2,1-2H3,(H,15,16). The number of ketones is 1. The fourth-order valence-corrected chi connectivity index (χ4v) is 1.86. The van der Waals surface area contributed by atoms with Crippen molar-refractivity contribution in [2.45, 2.75) is 32.6 Å². The first-order chi connectivity index (χ1) is 7.61. The van der Waals surface area contributed by atoms with Crippen molar-refractivity contribution in [2.75, 3.05) is 0 Å².